The van der Waals surface area contributed by atoms with E-state index in [9.17, 15) is 14.7 Å². The second-order valence-corrected chi connectivity index (χ2v) is 9.16. The summed E-state index contributed by atoms with van der Waals surface area (Å²) in [5.74, 6) is 0.113. The van der Waals surface area contributed by atoms with Crippen LogP contribution in [0.1, 0.15) is 67.2 Å². The van der Waals surface area contributed by atoms with Gasteiger partial charge in [-0.3, -0.25) is 4.79 Å². The predicted octanol–water partition coefficient (Wildman–Crippen LogP) is 4.16. The van der Waals surface area contributed by atoms with Crippen LogP contribution >= 0.6 is 0 Å². The first kappa shape index (κ1) is 21.1. The number of ketones is 1. The third-order valence-electron chi connectivity index (χ3n) is 8.53. The summed E-state index contributed by atoms with van der Waals surface area (Å²) in [5, 5.41) is 9.25. The minimum Gasteiger partial charge on any atom is -0.460 e. The zero-order chi connectivity index (χ0) is 19.9. The Balaban J connectivity index is 2.68. The molecule has 26 heavy (non-hydrogen) atoms. The third kappa shape index (κ3) is 2.85. The number of carbonyl (C=O) groups is 2. The lowest BCUT2D eigenvalue weighted by Crippen LogP contribution is -2.61. The minimum atomic E-state index is -0.737. The molecule has 0 saturated heterocycles. The van der Waals surface area contributed by atoms with E-state index >= 15 is 0 Å². The molecule has 0 aromatic heterocycles. The number of aliphatic hydroxyl groups excluding tert-OH is 1. The van der Waals surface area contributed by atoms with Crippen LogP contribution in [0.15, 0.2) is 12.7 Å². The number of fused-ring (bicyclic) bond motifs is 2. The Morgan fingerprint density at radius 1 is 1.35 bits per heavy atom. The quantitative estimate of drug-likeness (QED) is 0.601. The molecule has 0 amide bonds. The smallest absolute Gasteiger partial charge is 0.332 e. The first-order valence-electron chi connectivity index (χ1n) is 10.0. The van der Waals surface area contributed by atoms with E-state index in [0.29, 0.717) is 12.3 Å². The van der Waals surface area contributed by atoms with Crippen LogP contribution in [0.25, 0.3) is 0 Å². The van der Waals surface area contributed by atoms with Gasteiger partial charge in [0.05, 0.1) is 0 Å². The topological polar surface area (TPSA) is 63.6 Å². The molecule has 1 N–H and O–H groups in total. The van der Waals surface area contributed by atoms with Gasteiger partial charge < -0.3 is 9.84 Å². The highest BCUT2D eigenvalue weighted by Gasteiger charge is 2.62. The predicted molar refractivity (Wildman–Crippen MR) is 102 cm³/mol. The van der Waals surface area contributed by atoms with Crippen molar-refractivity contribution in [1.29, 1.82) is 0 Å². The van der Waals surface area contributed by atoms with Gasteiger partial charge in [-0.05, 0) is 43.4 Å². The van der Waals surface area contributed by atoms with Gasteiger partial charge >= 0.3 is 5.97 Å². The number of aliphatic hydroxyl groups is 1. The van der Waals surface area contributed by atoms with Gasteiger partial charge in [-0.2, -0.15) is 0 Å². The first-order chi connectivity index (χ1) is 12.0. The molecule has 0 aromatic carbocycles. The van der Waals surface area contributed by atoms with E-state index in [1.54, 1.807) is 6.08 Å². The molecular weight excluding hydrogens is 328 g/mol. The zero-order valence-electron chi connectivity index (χ0n) is 17.3. The lowest BCUT2D eigenvalue weighted by atomic mass is 9.43. The SMILES string of the molecule is C=C[C@]1(C)C[C@@H](OC(=O)CO)[C@]2(C)C(C)CC[C@@](CC)(C2C)[C@@H](C)C1=O. The Hall–Kier alpha value is -1.16. The second kappa shape index (κ2) is 7.10. The maximum absolute atomic E-state index is 13.5. The van der Waals surface area contributed by atoms with Gasteiger partial charge in [0.1, 0.15) is 18.5 Å². The van der Waals surface area contributed by atoms with Crippen LogP contribution in [-0.4, -0.2) is 29.6 Å². The molecule has 2 unspecified atom stereocenters. The number of Topliss-reactive ketones (excluding diaryl/α,β-unsaturated/α-hetero) is 1. The van der Waals surface area contributed by atoms with Gasteiger partial charge in [0.15, 0.2) is 0 Å². The van der Waals surface area contributed by atoms with Crippen molar-refractivity contribution in [3.8, 4) is 0 Å². The molecule has 2 rings (SSSR count). The Morgan fingerprint density at radius 2 is 1.96 bits per heavy atom. The highest BCUT2D eigenvalue weighted by molar-refractivity contribution is 5.89. The minimum absolute atomic E-state index is 0.0631. The Labute approximate surface area is 158 Å². The normalized spacial score (nSPS) is 46.2. The fourth-order valence-electron chi connectivity index (χ4n) is 6.05. The number of rotatable bonds is 4. The number of carbonyl (C=O) groups excluding carboxylic acids is 2. The van der Waals surface area contributed by atoms with Gasteiger partial charge in [-0.25, -0.2) is 4.79 Å². The molecule has 2 aliphatic rings. The monoisotopic (exact) mass is 364 g/mol. The summed E-state index contributed by atoms with van der Waals surface area (Å²) in [5.41, 5.74) is -1.09. The van der Waals surface area contributed by atoms with E-state index in [1.807, 2.05) is 6.92 Å². The number of ether oxygens (including phenoxy) is 1. The lowest BCUT2D eigenvalue weighted by Gasteiger charge is -2.62. The summed E-state index contributed by atoms with van der Waals surface area (Å²) < 4.78 is 5.79. The summed E-state index contributed by atoms with van der Waals surface area (Å²) in [7, 11) is 0. The summed E-state index contributed by atoms with van der Waals surface area (Å²) in [6.45, 7) is 16.2. The van der Waals surface area contributed by atoms with Crippen LogP contribution in [-0.2, 0) is 14.3 Å². The van der Waals surface area contributed by atoms with Gasteiger partial charge in [0.2, 0.25) is 0 Å². The van der Waals surface area contributed by atoms with Gasteiger partial charge in [0, 0.05) is 23.2 Å². The van der Waals surface area contributed by atoms with Crippen molar-refractivity contribution in [1.82, 2.24) is 0 Å². The van der Waals surface area contributed by atoms with Gasteiger partial charge in [-0.15, -0.1) is 6.58 Å². The zero-order valence-corrected chi connectivity index (χ0v) is 17.3. The third-order valence-corrected chi connectivity index (χ3v) is 8.53. The molecule has 4 heteroatoms. The molecule has 0 spiro atoms. The van der Waals surface area contributed by atoms with Crippen molar-refractivity contribution in [2.45, 2.75) is 73.3 Å². The van der Waals surface area contributed by atoms with Crippen LogP contribution in [0.5, 0.6) is 0 Å². The maximum Gasteiger partial charge on any atom is 0.332 e. The van der Waals surface area contributed by atoms with Gasteiger partial charge in [0.25, 0.3) is 0 Å². The van der Waals surface area contributed by atoms with Crippen LogP contribution in [0.3, 0.4) is 0 Å². The molecule has 7 atom stereocenters. The molecule has 4 nitrogen and oxygen atoms in total. The molecule has 0 radical (unpaired) electrons. The molecular formula is C22H36O4. The van der Waals surface area contributed by atoms with Gasteiger partial charge in [-0.1, -0.05) is 40.7 Å². The summed E-state index contributed by atoms with van der Waals surface area (Å²) in [6, 6.07) is 0. The highest BCUT2D eigenvalue weighted by Crippen LogP contribution is 2.63. The Bertz CT molecular complexity index is 585. The van der Waals surface area contributed by atoms with Crippen LogP contribution in [0.2, 0.25) is 0 Å². The molecule has 0 heterocycles. The molecule has 2 fully saturated rings. The van der Waals surface area contributed by atoms with Crippen molar-refractivity contribution < 1.29 is 19.4 Å². The Morgan fingerprint density at radius 3 is 2.46 bits per heavy atom. The maximum atomic E-state index is 13.5. The summed E-state index contributed by atoms with van der Waals surface area (Å²) in [6.07, 6.45) is 4.70. The number of esters is 1. The van der Waals surface area contributed by atoms with Crippen molar-refractivity contribution in [3.05, 3.63) is 12.7 Å². The fraction of sp³-hybridized carbons (Fsp3) is 0.818. The first-order valence-corrected chi connectivity index (χ1v) is 10.0. The molecule has 0 aliphatic heterocycles. The standard InChI is InChI=1S/C22H36O4/c1-8-20(6)12-17(26-18(24)13-23)21(7)14(3)10-11-22(9-2,16(21)5)15(4)19(20)25/h8,14-17,23H,1,9-13H2,2-7H3/t14?,15-,16?,17+,20+,21+,22+/m0/s1. The van der Waals surface area contributed by atoms with E-state index < -0.39 is 24.1 Å². The molecule has 148 valence electrons. The number of hydrogen-bond donors (Lipinski definition) is 1. The van der Waals surface area contributed by atoms with Crippen molar-refractivity contribution in [2.75, 3.05) is 6.61 Å². The van der Waals surface area contributed by atoms with Crippen molar-refractivity contribution >= 4 is 11.8 Å². The van der Waals surface area contributed by atoms with E-state index in [-0.39, 0.29) is 28.4 Å². The fourth-order valence-corrected chi connectivity index (χ4v) is 6.05. The molecule has 0 aromatic rings. The number of allylic oxidation sites excluding steroid dienone is 1. The molecule has 2 saturated carbocycles. The summed E-state index contributed by atoms with van der Waals surface area (Å²) in [4.78, 5) is 25.5. The van der Waals surface area contributed by atoms with Crippen LogP contribution in [0.4, 0.5) is 0 Å². The van der Waals surface area contributed by atoms with E-state index in [0.717, 1.165) is 19.3 Å². The Kier molecular flexibility index (Phi) is 5.78. The van der Waals surface area contributed by atoms with Crippen molar-refractivity contribution in [2.24, 2.45) is 34.0 Å². The average Bonchev–Trinajstić information content (AvgIpc) is 2.64. The van der Waals surface area contributed by atoms with Crippen LogP contribution in [0, 0.1) is 34.0 Å². The van der Waals surface area contributed by atoms with Crippen LogP contribution < -0.4 is 0 Å². The molecule has 2 aliphatic carbocycles. The van der Waals surface area contributed by atoms with Crippen molar-refractivity contribution in [3.63, 3.8) is 0 Å². The van der Waals surface area contributed by atoms with E-state index in [2.05, 4.69) is 41.2 Å². The second-order valence-electron chi connectivity index (χ2n) is 9.16. The molecule has 2 bridgehead atoms. The highest BCUT2D eigenvalue weighted by atomic mass is 16.6. The largest absolute Gasteiger partial charge is 0.460 e. The van der Waals surface area contributed by atoms with E-state index in [1.165, 1.54) is 0 Å². The van der Waals surface area contributed by atoms with E-state index in [4.69, 9.17) is 4.74 Å². The number of hydrogen-bond acceptors (Lipinski definition) is 4. The average molecular weight is 365 g/mol. The summed E-state index contributed by atoms with van der Waals surface area (Å²) >= 11 is 0. The lowest BCUT2D eigenvalue weighted by molar-refractivity contribution is -0.197.